The number of aromatic nitrogens is 3. The maximum atomic E-state index is 14.4. The van der Waals surface area contributed by atoms with Crippen LogP contribution in [0.5, 0.6) is 0 Å². The van der Waals surface area contributed by atoms with Gasteiger partial charge in [-0.05, 0) is 24.3 Å². The van der Waals surface area contributed by atoms with Gasteiger partial charge in [0.05, 0.1) is 11.8 Å². The van der Waals surface area contributed by atoms with E-state index in [1.807, 2.05) is 0 Å². The Morgan fingerprint density at radius 3 is 2.48 bits per heavy atom. The molecule has 3 rings (SSSR count). The molecule has 0 aliphatic heterocycles. The second kappa shape index (κ2) is 6.78. The van der Waals surface area contributed by atoms with Gasteiger partial charge in [0.1, 0.15) is 5.82 Å². The number of rotatable bonds is 3. The van der Waals surface area contributed by atoms with E-state index in [2.05, 4.69) is 15.4 Å². The van der Waals surface area contributed by atoms with E-state index in [4.69, 9.17) is 0 Å². The highest BCUT2D eigenvalue weighted by atomic mass is 19.4. The van der Waals surface area contributed by atoms with Gasteiger partial charge in [-0.1, -0.05) is 0 Å². The van der Waals surface area contributed by atoms with Gasteiger partial charge >= 0.3 is 6.18 Å². The maximum Gasteiger partial charge on any atom is 0.435 e. The number of aryl methyl sites for hydroxylation is 1. The lowest BCUT2D eigenvalue weighted by Crippen LogP contribution is -2.14. The van der Waals surface area contributed by atoms with Crippen LogP contribution in [-0.4, -0.2) is 20.7 Å². The van der Waals surface area contributed by atoms with Crippen molar-refractivity contribution in [1.82, 2.24) is 14.8 Å². The number of nitrogens with one attached hydrogen (secondary N) is 1. The fourth-order valence-corrected chi connectivity index (χ4v) is 2.46. The highest BCUT2D eigenvalue weighted by molar-refractivity contribution is 6.04. The summed E-state index contributed by atoms with van der Waals surface area (Å²) in [5.41, 5.74) is -2.33. The van der Waals surface area contributed by atoms with E-state index in [1.54, 1.807) is 0 Å². The fraction of sp³-hybridized carbons (Fsp3) is 0.118. The Balaban J connectivity index is 1.92. The maximum absolute atomic E-state index is 14.4. The topological polar surface area (TPSA) is 59.8 Å². The van der Waals surface area contributed by atoms with E-state index in [9.17, 15) is 26.7 Å². The molecule has 0 saturated heterocycles. The predicted molar refractivity (Wildman–Crippen MR) is 85.8 cm³/mol. The summed E-state index contributed by atoms with van der Waals surface area (Å²) >= 11 is 0. The molecule has 5 nitrogen and oxygen atoms in total. The predicted octanol–water partition coefficient (Wildman–Crippen LogP) is 4.03. The van der Waals surface area contributed by atoms with Crippen LogP contribution in [0.3, 0.4) is 0 Å². The molecule has 0 spiro atoms. The number of halogens is 5. The monoisotopic (exact) mass is 382 g/mol. The van der Waals surface area contributed by atoms with E-state index < -0.39 is 35.0 Å². The van der Waals surface area contributed by atoms with Crippen LogP contribution in [0.4, 0.5) is 27.6 Å². The van der Waals surface area contributed by atoms with Gasteiger partial charge in [0, 0.05) is 36.3 Å². The van der Waals surface area contributed by atoms with Crippen LogP contribution in [0.2, 0.25) is 0 Å². The zero-order valence-corrected chi connectivity index (χ0v) is 13.7. The van der Waals surface area contributed by atoms with Gasteiger partial charge in [-0.25, -0.2) is 8.78 Å². The minimum Gasteiger partial charge on any atom is -0.322 e. The molecule has 0 aliphatic carbocycles. The van der Waals surface area contributed by atoms with Crippen molar-refractivity contribution in [3.63, 3.8) is 0 Å². The summed E-state index contributed by atoms with van der Waals surface area (Å²) in [5, 5.41) is 5.61. The number of carbonyl (C=O) groups excluding carboxylic acids is 1. The van der Waals surface area contributed by atoms with Crippen molar-refractivity contribution in [3.8, 4) is 11.1 Å². The number of carbonyl (C=O) groups is 1. The Bertz CT molecular complexity index is 1010. The lowest BCUT2D eigenvalue weighted by Gasteiger charge is -2.10. The molecule has 0 unspecified atom stereocenters. The molecule has 3 aromatic rings. The zero-order valence-electron chi connectivity index (χ0n) is 13.7. The number of benzene rings is 1. The number of pyridine rings is 1. The highest BCUT2D eigenvalue weighted by Gasteiger charge is 2.37. The quantitative estimate of drug-likeness (QED) is 0.696. The minimum atomic E-state index is -4.76. The number of amides is 1. The highest BCUT2D eigenvalue weighted by Crippen LogP contribution is 2.37. The first-order valence-corrected chi connectivity index (χ1v) is 7.48. The Morgan fingerprint density at radius 2 is 1.85 bits per heavy atom. The second-order valence-corrected chi connectivity index (χ2v) is 5.57. The summed E-state index contributed by atoms with van der Waals surface area (Å²) in [5.74, 6) is -2.71. The molecule has 10 heteroatoms. The van der Waals surface area contributed by atoms with Crippen molar-refractivity contribution in [2.75, 3.05) is 5.32 Å². The Kier molecular flexibility index (Phi) is 4.64. The van der Waals surface area contributed by atoms with Crippen molar-refractivity contribution in [3.05, 3.63) is 65.7 Å². The second-order valence-electron chi connectivity index (χ2n) is 5.57. The van der Waals surface area contributed by atoms with Crippen molar-refractivity contribution in [1.29, 1.82) is 0 Å². The molecule has 0 saturated carbocycles. The summed E-state index contributed by atoms with van der Waals surface area (Å²) in [6.45, 7) is 0. The fourth-order valence-electron chi connectivity index (χ4n) is 2.46. The summed E-state index contributed by atoms with van der Waals surface area (Å²) in [6.07, 6.45) is -1.65. The third-order valence-electron chi connectivity index (χ3n) is 3.63. The van der Waals surface area contributed by atoms with Gasteiger partial charge in [-0.15, -0.1) is 0 Å². The van der Waals surface area contributed by atoms with Gasteiger partial charge in [0.25, 0.3) is 5.91 Å². The first kappa shape index (κ1) is 18.5. The smallest absolute Gasteiger partial charge is 0.322 e. The van der Waals surface area contributed by atoms with Crippen molar-refractivity contribution in [2.45, 2.75) is 6.18 Å². The number of alkyl halides is 3. The molecule has 0 aliphatic rings. The molecule has 0 bridgehead atoms. The van der Waals surface area contributed by atoms with E-state index in [0.717, 1.165) is 35.3 Å². The van der Waals surface area contributed by atoms with Crippen LogP contribution in [-0.2, 0) is 13.2 Å². The Labute approximate surface area is 149 Å². The standard InChI is InChI=1S/C17H11F5N4O/c1-26-8-12(15(25-26)17(20,21)22)10-3-2-9(6-13(10)18)24-16(27)11-4-5-23-7-14(11)19/h2-8H,1H3,(H,24,27). The van der Waals surface area contributed by atoms with Crippen molar-refractivity contribution in [2.24, 2.45) is 7.05 Å². The molecular weight excluding hydrogens is 371 g/mol. The van der Waals surface area contributed by atoms with Gasteiger partial charge in [-0.3, -0.25) is 14.5 Å². The van der Waals surface area contributed by atoms with Crippen LogP contribution in [0.15, 0.2) is 42.9 Å². The summed E-state index contributed by atoms with van der Waals surface area (Å²) in [6, 6.07) is 4.28. The van der Waals surface area contributed by atoms with Crippen molar-refractivity contribution >= 4 is 11.6 Å². The largest absolute Gasteiger partial charge is 0.435 e. The van der Waals surface area contributed by atoms with Crippen LogP contribution < -0.4 is 5.32 Å². The van der Waals surface area contributed by atoms with Crippen molar-refractivity contribution < 1.29 is 26.7 Å². The molecule has 1 N–H and O–H groups in total. The normalized spacial score (nSPS) is 11.5. The Hall–Kier alpha value is -3.30. The van der Waals surface area contributed by atoms with Gasteiger partial charge in [0.15, 0.2) is 11.5 Å². The molecule has 0 radical (unpaired) electrons. The molecular formula is C17H11F5N4O. The van der Waals surface area contributed by atoms with Gasteiger partial charge in [-0.2, -0.15) is 18.3 Å². The van der Waals surface area contributed by atoms with Crippen LogP contribution >= 0.6 is 0 Å². The van der Waals surface area contributed by atoms with Gasteiger partial charge < -0.3 is 5.32 Å². The molecule has 140 valence electrons. The number of anilines is 1. The Morgan fingerprint density at radius 1 is 1.11 bits per heavy atom. The average Bonchev–Trinajstić information content (AvgIpc) is 2.97. The third-order valence-corrected chi connectivity index (χ3v) is 3.63. The number of nitrogens with zero attached hydrogens (tertiary/aromatic N) is 3. The zero-order chi connectivity index (χ0) is 19.8. The van der Waals surface area contributed by atoms with Crippen LogP contribution in [0.1, 0.15) is 16.1 Å². The summed E-state index contributed by atoms with van der Waals surface area (Å²) < 4.78 is 68.1. The number of hydrogen-bond donors (Lipinski definition) is 1. The first-order chi connectivity index (χ1) is 12.7. The van der Waals surface area contributed by atoms with Gasteiger partial charge in [0.2, 0.25) is 0 Å². The van der Waals surface area contributed by atoms with E-state index in [0.29, 0.717) is 0 Å². The lowest BCUT2D eigenvalue weighted by atomic mass is 10.0. The SMILES string of the molecule is Cn1cc(-c2ccc(NC(=O)c3ccncc3F)cc2F)c(C(F)(F)F)n1. The molecule has 1 amide bonds. The molecule has 0 fully saturated rings. The minimum absolute atomic E-state index is 0.0464. The summed E-state index contributed by atoms with van der Waals surface area (Å²) in [4.78, 5) is 15.5. The van der Waals surface area contributed by atoms with E-state index in [-0.39, 0.29) is 16.8 Å². The molecule has 27 heavy (non-hydrogen) atoms. The molecule has 2 aromatic heterocycles. The molecule has 2 heterocycles. The lowest BCUT2D eigenvalue weighted by molar-refractivity contribution is -0.141. The third kappa shape index (κ3) is 3.78. The average molecular weight is 382 g/mol. The first-order valence-electron chi connectivity index (χ1n) is 7.48. The van der Waals surface area contributed by atoms with Crippen LogP contribution in [0, 0.1) is 11.6 Å². The van der Waals surface area contributed by atoms with Crippen LogP contribution in [0.25, 0.3) is 11.1 Å². The summed E-state index contributed by atoms with van der Waals surface area (Å²) in [7, 11) is 1.29. The number of hydrogen-bond acceptors (Lipinski definition) is 3. The van der Waals surface area contributed by atoms with E-state index in [1.165, 1.54) is 19.3 Å². The molecule has 1 aromatic carbocycles. The van der Waals surface area contributed by atoms with E-state index >= 15 is 0 Å². The molecule has 0 atom stereocenters.